The van der Waals surface area contributed by atoms with Crippen LogP contribution in [0.4, 0.5) is 0 Å². The van der Waals surface area contributed by atoms with E-state index in [1.807, 2.05) is 0 Å². The smallest absolute Gasteiger partial charge is 0.00175 e. The van der Waals surface area contributed by atoms with Gasteiger partial charge in [0.05, 0.1) is 0 Å². The Bertz CT molecular complexity index is 164. The van der Waals surface area contributed by atoms with Gasteiger partial charge in [-0.3, -0.25) is 0 Å². The molecule has 1 rings (SSSR count). The van der Waals surface area contributed by atoms with Crippen molar-refractivity contribution in [3.63, 3.8) is 0 Å². The van der Waals surface area contributed by atoms with E-state index in [1.54, 1.807) is 0 Å². The fraction of sp³-hybridized carbons (Fsp3) is 1.00. The van der Waals surface area contributed by atoms with E-state index in [0.29, 0.717) is 0 Å². The van der Waals surface area contributed by atoms with E-state index in [2.05, 4.69) is 31.4 Å². The van der Waals surface area contributed by atoms with Crippen LogP contribution in [0.1, 0.15) is 52.4 Å². The van der Waals surface area contributed by atoms with Crippen LogP contribution in [0.2, 0.25) is 0 Å². The van der Waals surface area contributed by atoms with Crippen molar-refractivity contribution in [3.05, 3.63) is 0 Å². The molecule has 0 N–H and O–H groups in total. The number of hydrogen-bond acceptors (Lipinski definition) is 2. The first kappa shape index (κ1) is 14.4. The topological polar surface area (TPSA) is 3.24 Å². The maximum atomic E-state index is 4.47. The highest BCUT2D eigenvalue weighted by atomic mass is 32.1. The van der Waals surface area contributed by atoms with Crippen LogP contribution >= 0.6 is 12.6 Å². The van der Waals surface area contributed by atoms with Gasteiger partial charge in [0.2, 0.25) is 0 Å². The molecular formula is C14H29NS. The molecule has 1 atom stereocenters. The van der Waals surface area contributed by atoms with Crippen LogP contribution in [0.5, 0.6) is 0 Å². The number of rotatable bonds is 7. The minimum absolute atomic E-state index is 0.816. The lowest BCUT2D eigenvalue weighted by molar-refractivity contribution is 0.158. The summed E-state index contributed by atoms with van der Waals surface area (Å²) < 4.78 is 0. The fourth-order valence-electron chi connectivity index (χ4n) is 2.88. The van der Waals surface area contributed by atoms with Gasteiger partial charge in [0.15, 0.2) is 0 Å². The molecular weight excluding hydrogens is 214 g/mol. The van der Waals surface area contributed by atoms with Gasteiger partial charge in [0.25, 0.3) is 0 Å². The maximum absolute atomic E-state index is 4.47. The quantitative estimate of drug-likeness (QED) is 0.665. The summed E-state index contributed by atoms with van der Waals surface area (Å²) in [6, 6.07) is 0. The second kappa shape index (κ2) is 8.41. The Morgan fingerprint density at radius 1 is 1.19 bits per heavy atom. The van der Waals surface area contributed by atoms with Gasteiger partial charge < -0.3 is 4.90 Å². The van der Waals surface area contributed by atoms with Crippen molar-refractivity contribution in [2.24, 2.45) is 11.8 Å². The Balaban J connectivity index is 2.20. The number of thiol groups is 1. The van der Waals surface area contributed by atoms with Gasteiger partial charge >= 0.3 is 0 Å². The molecule has 0 aromatic carbocycles. The summed E-state index contributed by atoms with van der Waals surface area (Å²) in [5, 5.41) is 0. The first-order chi connectivity index (χ1) is 7.80. The molecule has 0 aromatic heterocycles. The molecule has 1 fully saturated rings. The van der Waals surface area contributed by atoms with Crippen LogP contribution in [0.25, 0.3) is 0 Å². The standard InChI is InChI=1S/C14H29NS/c1-3-5-13-7-9-15(10-8-13)11-14(12-16)6-4-2/h13-14,16H,3-12H2,1-2H3. The van der Waals surface area contributed by atoms with Crippen LogP contribution in [0.3, 0.4) is 0 Å². The fourth-order valence-corrected chi connectivity index (χ4v) is 3.18. The lowest BCUT2D eigenvalue weighted by Crippen LogP contribution is -2.37. The van der Waals surface area contributed by atoms with Crippen molar-refractivity contribution < 1.29 is 0 Å². The molecule has 0 bridgehead atoms. The van der Waals surface area contributed by atoms with Gasteiger partial charge in [0, 0.05) is 6.54 Å². The van der Waals surface area contributed by atoms with Crippen molar-refractivity contribution in [2.75, 3.05) is 25.4 Å². The molecule has 0 aromatic rings. The number of piperidine rings is 1. The highest BCUT2D eigenvalue weighted by Crippen LogP contribution is 2.23. The molecule has 0 aliphatic carbocycles. The molecule has 1 unspecified atom stereocenters. The second-order valence-electron chi connectivity index (χ2n) is 5.37. The summed E-state index contributed by atoms with van der Waals surface area (Å²) in [7, 11) is 0. The van der Waals surface area contributed by atoms with E-state index in [9.17, 15) is 0 Å². The molecule has 0 radical (unpaired) electrons. The van der Waals surface area contributed by atoms with Crippen molar-refractivity contribution in [1.29, 1.82) is 0 Å². The zero-order valence-electron chi connectivity index (χ0n) is 11.1. The van der Waals surface area contributed by atoms with E-state index in [0.717, 1.165) is 17.6 Å². The Labute approximate surface area is 107 Å². The lowest BCUT2D eigenvalue weighted by Gasteiger charge is -2.34. The molecule has 1 aliphatic heterocycles. The summed E-state index contributed by atoms with van der Waals surface area (Å²) in [4.78, 5) is 2.67. The summed E-state index contributed by atoms with van der Waals surface area (Å²) >= 11 is 4.47. The van der Waals surface area contributed by atoms with Crippen LogP contribution in [0, 0.1) is 11.8 Å². The Kier molecular flexibility index (Phi) is 7.55. The number of hydrogen-bond donors (Lipinski definition) is 1. The Hall–Kier alpha value is 0.310. The Morgan fingerprint density at radius 3 is 2.38 bits per heavy atom. The Morgan fingerprint density at radius 2 is 1.88 bits per heavy atom. The molecule has 1 heterocycles. The van der Waals surface area contributed by atoms with Crippen LogP contribution in [-0.4, -0.2) is 30.3 Å². The van der Waals surface area contributed by atoms with E-state index >= 15 is 0 Å². The van der Waals surface area contributed by atoms with Gasteiger partial charge in [-0.25, -0.2) is 0 Å². The zero-order valence-corrected chi connectivity index (χ0v) is 12.0. The second-order valence-corrected chi connectivity index (χ2v) is 5.74. The van der Waals surface area contributed by atoms with Gasteiger partial charge in [0.1, 0.15) is 0 Å². The zero-order chi connectivity index (χ0) is 11.8. The largest absolute Gasteiger partial charge is 0.303 e. The first-order valence-corrected chi connectivity index (χ1v) is 7.76. The molecule has 2 heteroatoms. The van der Waals surface area contributed by atoms with Crippen molar-refractivity contribution >= 4 is 12.6 Å². The summed E-state index contributed by atoms with van der Waals surface area (Å²) in [6.07, 6.45) is 8.31. The molecule has 0 spiro atoms. The SMILES string of the molecule is CCCC1CCN(CC(CS)CCC)CC1. The molecule has 16 heavy (non-hydrogen) atoms. The molecule has 96 valence electrons. The molecule has 1 aliphatic rings. The predicted molar refractivity (Wildman–Crippen MR) is 76.3 cm³/mol. The molecule has 1 nitrogen and oxygen atoms in total. The highest BCUT2D eigenvalue weighted by Gasteiger charge is 2.20. The highest BCUT2D eigenvalue weighted by molar-refractivity contribution is 7.80. The third kappa shape index (κ3) is 5.09. The monoisotopic (exact) mass is 243 g/mol. The first-order valence-electron chi connectivity index (χ1n) is 7.13. The minimum atomic E-state index is 0.816. The van der Waals surface area contributed by atoms with Gasteiger partial charge in [-0.1, -0.05) is 33.1 Å². The normalized spacial score (nSPS) is 21.2. The summed E-state index contributed by atoms with van der Waals surface area (Å²) in [5.41, 5.74) is 0. The van der Waals surface area contributed by atoms with E-state index in [-0.39, 0.29) is 0 Å². The van der Waals surface area contributed by atoms with Crippen LogP contribution in [-0.2, 0) is 0 Å². The van der Waals surface area contributed by atoms with E-state index in [1.165, 1.54) is 58.2 Å². The van der Waals surface area contributed by atoms with E-state index in [4.69, 9.17) is 0 Å². The third-order valence-corrected chi connectivity index (χ3v) is 4.39. The van der Waals surface area contributed by atoms with Gasteiger partial charge in [-0.2, -0.15) is 12.6 Å². The molecule has 0 saturated carbocycles. The third-order valence-electron chi connectivity index (χ3n) is 3.88. The average Bonchev–Trinajstić information content (AvgIpc) is 2.31. The van der Waals surface area contributed by atoms with Gasteiger partial charge in [-0.15, -0.1) is 0 Å². The summed E-state index contributed by atoms with van der Waals surface area (Å²) in [5.74, 6) is 2.89. The number of nitrogens with zero attached hydrogens (tertiary/aromatic N) is 1. The minimum Gasteiger partial charge on any atom is -0.303 e. The van der Waals surface area contributed by atoms with Crippen LogP contribution in [0.15, 0.2) is 0 Å². The number of likely N-dealkylation sites (tertiary alicyclic amines) is 1. The maximum Gasteiger partial charge on any atom is 0.00175 e. The van der Waals surface area contributed by atoms with E-state index < -0.39 is 0 Å². The summed E-state index contributed by atoms with van der Waals surface area (Å²) in [6.45, 7) is 8.54. The van der Waals surface area contributed by atoms with Crippen molar-refractivity contribution in [3.8, 4) is 0 Å². The van der Waals surface area contributed by atoms with Crippen molar-refractivity contribution in [1.82, 2.24) is 4.90 Å². The molecule has 0 amide bonds. The lowest BCUT2D eigenvalue weighted by atomic mass is 9.92. The van der Waals surface area contributed by atoms with Crippen LogP contribution < -0.4 is 0 Å². The van der Waals surface area contributed by atoms with Crippen molar-refractivity contribution in [2.45, 2.75) is 52.4 Å². The molecule has 1 saturated heterocycles. The predicted octanol–water partition coefficient (Wildman–Crippen LogP) is 3.84. The van der Waals surface area contributed by atoms with Gasteiger partial charge in [-0.05, 0) is 49.9 Å². The average molecular weight is 243 g/mol.